The van der Waals surface area contributed by atoms with Crippen LogP contribution in [0.3, 0.4) is 0 Å². The van der Waals surface area contributed by atoms with Gasteiger partial charge < -0.3 is 16.0 Å². The molecule has 0 aromatic heterocycles. The van der Waals surface area contributed by atoms with Crippen LogP contribution >= 0.6 is 23.2 Å². The zero-order valence-corrected chi connectivity index (χ0v) is 15.4. The van der Waals surface area contributed by atoms with E-state index in [1.54, 1.807) is 30.3 Å². The lowest BCUT2D eigenvalue weighted by atomic mass is 10.2. The maximum absolute atomic E-state index is 12.2. The van der Waals surface area contributed by atoms with Crippen LogP contribution in [-0.2, 0) is 6.54 Å². The molecule has 0 radical (unpaired) electrons. The molecular weight excluding hydrogens is 361 g/mol. The Morgan fingerprint density at radius 2 is 1.72 bits per heavy atom. The molecule has 25 heavy (non-hydrogen) atoms. The van der Waals surface area contributed by atoms with Crippen molar-refractivity contribution in [3.05, 3.63) is 63.6 Å². The van der Waals surface area contributed by atoms with Gasteiger partial charge in [-0.2, -0.15) is 0 Å². The lowest BCUT2D eigenvalue weighted by Gasteiger charge is -2.11. The van der Waals surface area contributed by atoms with Crippen LogP contribution in [0.1, 0.15) is 29.8 Å². The van der Waals surface area contributed by atoms with Gasteiger partial charge in [0.15, 0.2) is 0 Å². The van der Waals surface area contributed by atoms with E-state index in [0.717, 1.165) is 5.56 Å². The molecule has 7 heteroatoms. The number of carbonyl (C=O) groups excluding carboxylic acids is 2. The molecule has 0 unspecified atom stereocenters. The Hall–Kier alpha value is -2.24. The zero-order valence-electron chi connectivity index (χ0n) is 13.9. The van der Waals surface area contributed by atoms with Crippen molar-refractivity contribution >= 4 is 40.8 Å². The number of rotatable bonds is 5. The molecule has 0 aliphatic carbocycles. The fourth-order valence-electron chi connectivity index (χ4n) is 2.09. The van der Waals surface area contributed by atoms with E-state index >= 15 is 0 Å². The van der Waals surface area contributed by atoms with Crippen molar-refractivity contribution in [2.24, 2.45) is 0 Å². The van der Waals surface area contributed by atoms with Gasteiger partial charge in [0.2, 0.25) is 0 Å². The van der Waals surface area contributed by atoms with Crippen LogP contribution in [0, 0.1) is 0 Å². The molecule has 3 N–H and O–H groups in total. The zero-order chi connectivity index (χ0) is 18.4. The molecule has 0 saturated carbocycles. The number of amides is 3. The van der Waals surface area contributed by atoms with Crippen molar-refractivity contribution < 1.29 is 9.59 Å². The molecule has 0 saturated heterocycles. The fourth-order valence-corrected chi connectivity index (χ4v) is 2.48. The molecule has 0 aliphatic rings. The van der Waals surface area contributed by atoms with Gasteiger partial charge >= 0.3 is 6.03 Å². The second-order valence-electron chi connectivity index (χ2n) is 5.73. The van der Waals surface area contributed by atoms with E-state index in [9.17, 15) is 9.59 Å². The number of hydrogen-bond acceptors (Lipinski definition) is 2. The summed E-state index contributed by atoms with van der Waals surface area (Å²) < 4.78 is 0. The Balaban J connectivity index is 1.92. The molecule has 0 atom stereocenters. The summed E-state index contributed by atoms with van der Waals surface area (Å²) >= 11 is 11.9. The number of anilines is 1. The van der Waals surface area contributed by atoms with Gasteiger partial charge in [-0.05, 0) is 43.7 Å². The highest BCUT2D eigenvalue weighted by Gasteiger charge is 2.12. The predicted octanol–water partition coefficient (Wildman–Crippen LogP) is 4.45. The van der Waals surface area contributed by atoms with Crippen molar-refractivity contribution in [3.63, 3.8) is 0 Å². The minimum absolute atomic E-state index is 0.0628. The standard InChI is InChI=1S/C18H19Cl2N3O2/c1-11(2)22-18(25)23-13-8-6-12(7-9-13)10-21-17(24)14-4-3-5-15(19)16(14)20/h3-9,11H,10H2,1-2H3,(H,21,24)(H2,22,23,25). The lowest BCUT2D eigenvalue weighted by Crippen LogP contribution is -2.34. The van der Waals surface area contributed by atoms with E-state index in [-0.39, 0.29) is 23.0 Å². The van der Waals surface area contributed by atoms with Crippen LogP contribution in [0.25, 0.3) is 0 Å². The van der Waals surface area contributed by atoms with Gasteiger partial charge in [0.1, 0.15) is 0 Å². The summed E-state index contributed by atoms with van der Waals surface area (Å²) in [4.78, 5) is 23.8. The minimum atomic E-state index is -0.300. The number of halogens is 2. The first-order chi connectivity index (χ1) is 11.9. The minimum Gasteiger partial charge on any atom is -0.348 e. The lowest BCUT2D eigenvalue weighted by molar-refractivity contribution is 0.0951. The molecule has 2 aromatic carbocycles. The van der Waals surface area contributed by atoms with Crippen molar-refractivity contribution in [1.29, 1.82) is 0 Å². The molecule has 3 amide bonds. The summed E-state index contributed by atoms with van der Waals surface area (Å²) in [6.45, 7) is 4.11. The first kappa shape index (κ1) is 19.1. The first-order valence-electron chi connectivity index (χ1n) is 7.75. The molecule has 5 nitrogen and oxygen atoms in total. The van der Waals surface area contributed by atoms with Gasteiger partial charge in [0, 0.05) is 18.3 Å². The van der Waals surface area contributed by atoms with Crippen molar-refractivity contribution in [3.8, 4) is 0 Å². The summed E-state index contributed by atoms with van der Waals surface area (Å²) in [7, 11) is 0. The number of carbonyl (C=O) groups is 2. The Morgan fingerprint density at radius 3 is 2.36 bits per heavy atom. The highest BCUT2D eigenvalue weighted by Crippen LogP contribution is 2.25. The van der Waals surface area contributed by atoms with Gasteiger partial charge in [-0.15, -0.1) is 0 Å². The molecule has 0 bridgehead atoms. The monoisotopic (exact) mass is 379 g/mol. The van der Waals surface area contributed by atoms with Crippen LogP contribution in [-0.4, -0.2) is 18.0 Å². The summed E-state index contributed by atoms with van der Waals surface area (Å²) in [6, 6.07) is 11.9. The van der Waals surface area contributed by atoms with Gasteiger partial charge in [-0.3, -0.25) is 4.79 Å². The topological polar surface area (TPSA) is 70.2 Å². The average Bonchev–Trinajstić information content (AvgIpc) is 2.55. The summed E-state index contributed by atoms with van der Waals surface area (Å²) in [5.41, 5.74) is 1.89. The molecule has 132 valence electrons. The summed E-state index contributed by atoms with van der Waals surface area (Å²) in [6.07, 6.45) is 0. The van der Waals surface area contributed by atoms with E-state index in [4.69, 9.17) is 23.2 Å². The van der Waals surface area contributed by atoms with E-state index in [1.165, 1.54) is 0 Å². The Labute approximate surface area is 156 Å². The molecule has 2 rings (SSSR count). The van der Waals surface area contributed by atoms with E-state index in [1.807, 2.05) is 26.0 Å². The smallest absolute Gasteiger partial charge is 0.319 e. The molecule has 0 aliphatic heterocycles. The number of urea groups is 1. The van der Waals surface area contributed by atoms with Crippen molar-refractivity contribution in [1.82, 2.24) is 10.6 Å². The van der Waals surface area contributed by atoms with E-state index in [2.05, 4.69) is 16.0 Å². The Morgan fingerprint density at radius 1 is 1.04 bits per heavy atom. The van der Waals surface area contributed by atoms with E-state index in [0.29, 0.717) is 22.8 Å². The van der Waals surface area contributed by atoms with Gasteiger partial charge in [0.25, 0.3) is 5.91 Å². The van der Waals surface area contributed by atoms with Gasteiger partial charge in [0.05, 0.1) is 15.6 Å². The fraction of sp³-hybridized carbons (Fsp3) is 0.222. The second-order valence-corrected chi connectivity index (χ2v) is 6.52. The molecule has 0 fully saturated rings. The second kappa shape index (κ2) is 8.74. The summed E-state index contributed by atoms with van der Waals surface area (Å²) in [5, 5.41) is 8.84. The average molecular weight is 380 g/mol. The largest absolute Gasteiger partial charge is 0.348 e. The molecule has 0 heterocycles. The quantitative estimate of drug-likeness (QED) is 0.717. The third kappa shape index (κ3) is 5.66. The highest BCUT2D eigenvalue weighted by molar-refractivity contribution is 6.43. The maximum atomic E-state index is 12.2. The Bertz CT molecular complexity index is 761. The SMILES string of the molecule is CC(C)NC(=O)Nc1ccc(CNC(=O)c2cccc(Cl)c2Cl)cc1. The first-order valence-corrected chi connectivity index (χ1v) is 8.51. The number of hydrogen-bond donors (Lipinski definition) is 3. The number of benzene rings is 2. The Kier molecular flexibility index (Phi) is 6.67. The third-order valence-corrected chi connectivity index (χ3v) is 4.10. The third-order valence-electron chi connectivity index (χ3n) is 3.28. The van der Waals surface area contributed by atoms with Crippen LogP contribution in [0.4, 0.5) is 10.5 Å². The number of nitrogens with one attached hydrogen (secondary N) is 3. The van der Waals surface area contributed by atoms with Crippen LogP contribution in [0.15, 0.2) is 42.5 Å². The predicted molar refractivity (Wildman–Crippen MR) is 101 cm³/mol. The van der Waals surface area contributed by atoms with E-state index < -0.39 is 0 Å². The highest BCUT2D eigenvalue weighted by atomic mass is 35.5. The maximum Gasteiger partial charge on any atom is 0.319 e. The molecule has 2 aromatic rings. The normalized spacial score (nSPS) is 10.4. The van der Waals surface area contributed by atoms with Crippen molar-refractivity contribution in [2.75, 3.05) is 5.32 Å². The summed E-state index contributed by atoms with van der Waals surface area (Å²) in [5.74, 6) is -0.300. The van der Waals surface area contributed by atoms with Crippen LogP contribution < -0.4 is 16.0 Å². The molecule has 0 spiro atoms. The van der Waals surface area contributed by atoms with Crippen LogP contribution in [0.2, 0.25) is 10.0 Å². The van der Waals surface area contributed by atoms with Crippen molar-refractivity contribution in [2.45, 2.75) is 26.4 Å². The van der Waals surface area contributed by atoms with Gasteiger partial charge in [-0.1, -0.05) is 41.4 Å². The van der Waals surface area contributed by atoms with Gasteiger partial charge in [-0.25, -0.2) is 4.79 Å². The van der Waals surface area contributed by atoms with Crippen LogP contribution in [0.5, 0.6) is 0 Å². The molecular formula is C18H19Cl2N3O2.